The molecule has 3 saturated heterocycles. The van der Waals surface area contributed by atoms with E-state index in [0.29, 0.717) is 18.4 Å². The molecule has 6 heteroatoms. The molecule has 3 amide bonds. The van der Waals surface area contributed by atoms with Crippen molar-refractivity contribution in [2.24, 2.45) is 5.41 Å². The molecule has 0 aromatic heterocycles. The van der Waals surface area contributed by atoms with Gasteiger partial charge < -0.3 is 10.2 Å². The van der Waals surface area contributed by atoms with Crippen molar-refractivity contribution in [3.05, 3.63) is 24.3 Å². The van der Waals surface area contributed by atoms with E-state index in [1.165, 1.54) is 18.5 Å². The number of rotatable bonds is 2. The highest BCUT2D eigenvalue weighted by Crippen LogP contribution is 2.38. The molecule has 0 saturated carbocycles. The topological polar surface area (TPSA) is 64.7 Å². The second kappa shape index (κ2) is 5.53. The molecule has 1 aromatic rings. The number of urea groups is 1. The fourth-order valence-electron chi connectivity index (χ4n) is 3.95. The number of nitrogens with zero attached hydrogens (tertiary/aromatic N) is 2. The van der Waals surface area contributed by atoms with Crippen molar-refractivity contribution in [2.45, 2.75) is 19.3 Å². The van der Waals surface area contributed by atoms with Gasteiger partial charge in [-0.05, 0) is 43.7 Å². The maximum Gasteiger partial charge on any atom is 0.328 e. The van der Waals surface area contributed by atoms with Crippen molar-refractivity contribution >= 4 is 23.3 Å². The van der Waals surface area contributed by atoms with Crippen molar-refractivity contribution in [1.29, 1.82) is 0 Å². The summed E-state index contributed by atoms with van der Waals surface area (Å²) in [5, 5.41) is 5.84. The minimum Gasteiger partial charge on any atom is -0.371 e. The summed E-state index contributed by atoms with van der Waals surface area (Å²) < 4.78 is 0. The van der Waals surface area contributed by atoms with Crippen LogP contribution in [0.3, 0.4) is 0 Å². The number of hydrogen-bond donors (Lipinski definition) is 2. The van der Waals surface area contributed by atoms with Gasteiger partial charge in [0.1, 0.15) is 0 Å². The van der Waals surface area contributed by atoms with Crippen LogP contribution in [0.25, 0.3) is 0 Å². The molecule has 1 aromatic carbocycles. The zero-order valence-corrected chi connectivity index (χ0v) is 13.2. The lowest BCUT2D eigenvalue weighted by Crippen LogP contribution is -2.49. The summed E-state index contributed by atoms with van der Waals surface area (Å²) in [4.78, 5) is 27.2. The molecule has 1 atom stereocenters. The molecule has 4 rings (SSSR count). The molecule has 0 aliphatic carbocycles. The summed E-state index contributed by atoms with van der Waals surface area (Å²) in [6.45, 7) is 4.92. The number of nitrogens with one attached hydrogen (secondary N) is 2. The van der Waals surface area contributed by atoms with Crippen molar-refractivity contribution in [3.63, 3.8) is 0 Å². The smallest absolute Gasteiger partial charge is 0.328 e. The maximum atomic E-state index is 11.9. The summed E-state index contributed by atoms with van der Waals surface area (Å²) in [7, 11) is 0. The van der Waals surface area contributed by atoms with E-state index in [1.54, 1.807) is 4.90 Å². The molecule has 1 spiro atoms. The van der Waals surface area contributed by atoms with Crippen LogP contribution in [-0.2, 0) is 4.79 Å². The highest BCUT2D eigenvalue weighted by molar-refractivity contribution is 6.05. The van der Waals surface area contributed by atoms with E-state index in [-0.39, 0.29) is 11.9 Å². The highest BCUT2D eigenvalue weighted by Gasteiger charge is 2.40. The molecule has 3 aliphatic heterocycles. The minimum absolute atomic E-state index is 0.199. The lowest BCUT2D eigenvalue weighted by molar-refractivity contribution is -0.120. The van der Waals surface area contributed by atoms with Gasteiger partial charge in [-0.1, -0.05) is 0 Å². The van der Waals surface area contributed by atoms with Crippen LogP contribution >= 0.6 is 0 Å². The van der Waals surface area contributed by atoms with Gasteiger partial charge in [-0.3, -0.25) is 15.0 Å². The average Bonchev–Trinajstić information content (AvgIpc) is 3.18. The molecular weight excluding hydrogens is 292 g/mol. The molecule has 23 heavy (non-hydrogen) atoms. The van der Waals surface area contributed by atoms with Gasteiger partial charge >= 0.3 is 6.03 Å². The third-order valence-corrected chi connectivity index (χ3v) is 5.35. The van der Waals surface area contributed by atoms with Gasteiger partial charge in [-0.25, -0.2) is 4.79 Å². The molecule has 3 heterocycles. The number of amides is 3. The van der Waals surface area contributed by atoms with Gasteiger partial charge in [-0.2, -0.15) is 0 Å². The van der Waals surface area contributed by atoms with Crippen LogP contribution < -0.4 is 20.4 Å². The Morgan fingerprint density at radius 3 is 2.48 bits per heavy atom. The molecule has 2 N–H and O–H groups in total. The van der Waals surface area contributed by atoms with Crippen molar-refractivity contribution in [3.8, 4) is 0 Å². The third-order valence-electron chi connectivity index (χ3n) is 5.35. The van der Waals surface area contributed by atoms with Gasteiger partial charge in [0, 0.05) is 49.4 Å². The van der Waals surface area contributed by atoms with Crippen LogP contribution in [0.5, 0.6) is 0 Å². The van der Waals surface area contributed by atoms with Crippen molar-refractivity contribution in [1.82, 2.24) is 10.6 Å². The van der Waals surface area contributed by atoms with Crippen LogP contribution in [0.4, 0.5) is 16.2 Å². The van der Waals surface area contributed by atoms with E-state index in [2.05, 4.69) is 27.7 Å². The largest absolute Gasteiger partial charge is 0.371 e. The first-order valence-electron chi connectivity index (χ1n) is 8.32. The number of imide groups is 1. The van der Waals surface area contributed by atoms with Crippen LogP contribution in [0.2, 0.25) is 0 Å². The van der Waals surface area contributed by atoms with E-state index < -0.39 is 0 Å². The first-order chi connectivity index (χ1) is 11.2. The fraction of sp³-hybridized carbons (Fsp3) is 0.529. The molecule has 3 aliphatic rings. The fourth-order valence-corrected chi connectivity index (χ4v) is 3.95. The number of carbonyl (C=O) groups excluding carboxylic acids is 2. The van der Waals surface area contributed by atoms with Gasteiger partial charge in [0.05, 0.1) is 0 Å². The normalized spacial score (nSPS) is 27.8. The third kappa shape index (κ3) is 2.67. The second-order valence-electron chi connectivity index (χ2n) is 6.87. The second-order valence-corrected chi connectivity index (χ2v) is 6.87. The van der Waals surface area contributed by atoms with E-state index >= 15 is 0 Å². The van der Waals surface area contributed by atoms with Crippen molar-refractivity contribution in [2.75, 3.05) is 42.5 Å². The molecule has 0 radical (unpaired) electrons. The van der Waals surface area contributed by atoms with Crippen LogP contribution in [0.1, 0.15) is 19.3 Å². The summed E-state index contributed by atoms with van der Waals surface area (Å²) in [5.74, 6) is -0.199. The zero-order chi connectivity index (χ0) is 15.9. The Hall–Kier alpha value is -2.08. The lowest BCUT2D eigenvalue weighted by atomic mass is 9.86. The maximum absolute atomic E-state index is 11.9. The summed E-state index contributed by atoms with van der Waals surface area (Å²) in [6, 6.07) is 7.79. The Labute approximate surface area is 135 Å². The summed E-state index contributed by atoms with van der Waals surface area (Å²) in [5.41, 5.74) is 2.51. The molecule has 0 unspecified atom stereocenters. The Morgan fingerprint density at radius 2 is 1.78 bits per heavy atom. The number of carbonyl (C=O) groups is 2. The number of benzene rings is 1. The molecular formula is C17H22N4O2. The molecule has 122 valence electrons. The molecule has 0 bridgehead atoms. The predicted molar refractivity (Wildman–Crippen MR) is 88.7 cm³/mol. The Bertz CT molecular complexity index is 622. The Balaban J connectivity index is 1.46. The van der Waals surface area contributed by atoms with Crippen LogP contribution in [0, 0.1) is 5.41 Å². The Kier molecular flexibility index (Phi) is 3.49. The summed E-state index contributed by atoms with van der Waals surface area (Å²) in [6.07, 6.45) is 2.87. The van der Waals surface area contributed by atoms with E-state index in [0.717, 1.165) is 31.9 Å². The standard InChI is InChI=1S/C17H22N4O2/c22-15-5-9-21(16(23)19-15)14-3-1-13(2-4-14)20-10-7-17(12-20)6-8-18-11-17/h1-4,18H,5-12H2,(H,19,22,23)/t17-/m1/s1. The molecule has 6 nitrogen and oxygen atoms in total. The quantitative estimate of drug-likeness (QED) is 0.864. The van der Waals surface area contributed by atoms with Gasteiger partial charge in [0.25, 0.3) is 0 Å². The van der Waals surface area contributed by atoms with E-state index in [4.69, 9.17) is 0 Å². The monoisotopic (exact) mass is 314 g/mol. The van der Waals surface area contributed by atoms with Crippen LogP contribution in [-0.4, -0.2) is 44.7 Å². The lowest BCUT2D eigenvalue weighted by Gasteiger charge is -2.27. The number of hydrogen-bond acceptors (Lipinski definition) is 4. The van der Waals surface area contributed by atoms with E-state index in [1.807, 2.05) is 12.1 Å². The van der Waals surface area contributed by atoms with Gasteiger partial charge in [-0.15, -0.1) is 0 Å². The highest BCUT2D eigenvalue weighted by atomic mass is 16.2. The zero-order valence-electron chi connectivity index (χ0n) is 13.2. The predicted octanol–water partition coefficient (Wildman–Crippen LogP) is 1.32. The van der Waals surface area contributed by atoms with Gasteiger partial charge in [0.2, 0.25) is 5.91 Å². The minimum atomic E-state index is -0.328. The SMILES string of the molecule is O=C1CCN(c2ccc(N3CC[C@@]4(CCNC4)C3)cc2)C(=O)N1. The van der Waals surface area contributed by atoms with Crippen molar-refractivity contribution < 1.29 is 9.59 Å². The van der Waals surface area contributed by atoms with Crippen LogP contribution in [0.15, 0.2) is 24.3 Å². The number of anilines is 2. The summed E-state index contributed by atoms with van der Waals surface area (Å²) >= 11 is 0. The molecule has 3 fully saturated rings. The Morgan fingerprint density at radius 1 is 1.00 bits per heavy atom. The first kappa shape index (κ1) is 14.5. The first-order valence-corrected chi connectivity index (χ1v) is 8.32. The van der Waals surface area contributed by atoms with Gasteiger partial charge in [0.15, 0.2) is 0 Å². The van der Waals surface area contributed by atoms with E-state index in [9.17, 15) is 9.59 Å². The average molecular weight is 314 g/mol.